The van der Waals surface area contributed by atoms with Crippen LogP contribution in [-0.2, 0) is 4.79 Å². The molecule has 1 aromatic carbocycles. The first-order valence-electron chi connectivity index (χ1n) is 8.74. The molecule has 0 spiro atoms. The number of ether oxygens (including phenoxy) is 1. The first-order valence-corrected chi connectivity index (χ1v) is 8.74. The van der Waals surface area contributed by atoms with Gasteiger partial charge in [-0.3, -0.25) is 4.79 Å². The van der Waals surface area contributed by atoms with Crippen LogP contribution in [0, 0.1) is 0 Å². The molecule has 24 heavy (non-hydrogen) atoms. The SMILES string of the molecule is CC(C)Oc1ccc(/C=C\C(=O)NCCC2=CCCCC2)cc1N. The highest BCUT2D eigenvalue weighted by Crippen LogP contribution is 2.24. The van der Waals surface area contributed by atoms with Crippen molar-refractivity contribution in [1.29, 1.82) is 0 Å². The van der Waals surface area contributed by atoms with Crippen molar-refractivity contribution in [2.24, 2.45) is 0 Å². The summed E-state index contributed by atoms with van der Waals surface area (Å²) in [6.07, 6.45) is 11.6. The predicted octanol–water partition coefficient (Wildman–Crippen LogP) is 4.08. The standard InChI is InChI=1S/C20H28N2O2/c1-15(2)24-19-10-8-17(14-18(19)21)9-11-20(23)22-13-12-16-6-4-3-5-7-16/h6,8-11,14-15H,3-5,7,12-13,21H2,1-2H3,(H,22,23)/b11-9-. The van der Waals surface area contributed by atoms with Gasteiger partial charge in [0.2, 0.25) is 5.91 Å². The van der Waals surface area contributed by atoms with Crippen molar-refractivity contribution < 1.29 is 9.53 Å². The minimum absolute atomic E-state index is 0.0764. The average Bonchev–Trinajstić information content (AvgIpc) is 2.56. The monoisotopic (exact) mass is 328 g/mol. The number of carbonyl (C=O) groups is 1. The Morgan fingerprint density at radius 3 is 2.88 bits per heavy atom. The van der Waals surface area contributed by atoms with Gasteiger partial charge in [0.25, 0.3) is 0 Å². The fourth-order valence-corrected chi connectivity index (χ4v) is 2.74. The molecule has 0 radical (unpaired) electrons. The van der Waals surface area contributed by atoms with E-state index in [1.165, 1.54) is 31.3 Å². The second kappa shape index (κ2) is 9.16. The van der Waals surface area contributed by atoms with Crippen LogP contribution in [0.2, 0.25) is 0 Å². The molecule has 3 N–H and O–H groups in total. The zero-order valence-corrected chi connectivity index (χ0v) is 14.7. The molecule has 0 aliphatic heterocycles. The van der Waals surface area contributed by atoms with Crippen molar-refractivity contribution in [1.82, 2.24) is 5.32 Å². The molecule has 1 aliphatic carbocycles. The zero-order valence-electron chi connectivity index (χ0n) is 14.7. The molecule has 4 heteroatoms. The maximum Gasteiger partial charge on any atom is 0.244 e. The minimum atomic E-state index is -0.0764. The second-order valence-corrected chi connectivity index (χ2v) is 6.45. The maximum absolute atomic E-state index is 11.9. The molecule has 0 bridgehead atoms. The summed E-state index contributed by atoms with van der Waals surface area (Å²) in [6.45, 7) is 4.61. The van der Waals surface area contributed by atoms with Gasteiger partial charge in [-0.15, -0.1) is 0 Å². The number of rotatable bonds is 7. The predicted molar refractivity (Wildman–Crippen MR) is 99.8 cm³/mol. The van der Waals surface area contributed by atoms with Crippen molar-refractivity contribution in [2.75, 3.05) is 12.3 Å². The minimum Gasteiger partial charge on any atom is -0.489 e. The Kier molecular flexibility index (Phi) is 6.91. The topological polar surface area (TPSA) is 64.3 Å². The summed E-state index contributed by atoms with van der Waals surface area (Å²) in [5.41, 5.74) is 8.91. The van der Waals surface area contributed by atoms with Crippen LogP contribution in [0.4, 0.5) is 5.69 Å². The van der Waals surface area contributed by atoms with Crippen LogP contribution in [-0.4, -0.2) is 18.6 Å². The van der Waals surface area contributed by atoms with Gasteiger partial charge in [0.1, 0.15) is 5.75 Å². The summed E-state index contributed by atoms with van der Waals surface area (Å²) in [5, 5.41) is 2.93. The molecular weight excluding hydrogens is 300 g/mol. The third-order valence-electron chi connectivity index (χ3n) is 3.95. The van der Waals surface area contributed by atoms with Gasteiger partial charge >= 0.3 is 0 Å². The maximum atomic E-state index is 11.9. The van der Waals surface area contributed by atoms with Gasteiger partial charge < -0.3 is 15.8 Å². The van der Waals surface area contributed by atoms with Crippen LogP contribution in [0.15, 0.2) is 35.9 Å². The Morgan fingerprint density at radius 2 is 2.21 bits per heavy atom. The lowest BCUT2D eigenvalue weighted by molar-refractivity contribution is -0.116. The van der Waals surface area contributed by atoms with E-state index in [-0.39, 0.29) is 12.0 Å². The van der Waals surface area contributed by atoms with E-state index in [9.17, 15) is 4.79 Å². The number of nitrogens with one attached hydrogen (secondary N) is 1. The zero-order chi connectivity index (χ0) is 17.4. The summed E-state index contributed by atoms with van der Waals surface area (Å²) in [7, 11) is 0. The summed E-state index contributed by atoms with van der Waals surface area (Å²) >= 11 is 0. The molecule has 0 saturated heterocycles. The fourth-order valence-electron chi connectivity index (χ4n) is 2.74. The van der Waals surface area contributed by atoms with Crippen LogP contribution in [0.25, 0.3) is 6.08 Å². The number of carbonyl (C=O) groups excluding carboxylic acids is 1. The summed E-state index contributed by atoms with van der Waals surface area (Å²) < 4.78 is 5.60. The van der Waals surface area contributed by atoms with Crippen LogP contribution in [0.5, 0.6) is 5.75 Å². The first-order chi connectivity index (χ1) is 11.5. The highest BCUT2D eigenvalue weighted by Gasteiger charge is 2.05. The van der Waals surface area contributed by atoms with Gasteiger partial charge in [-0.1, -0.05) is 17.7 Å². The normalized spacial score (nSPS) is 14.7. The molecule has 0 saturated carbocycles. The molecule has 0 heterocycles. The molecule has 130 valence electrons. The van der Waals surface area contributed by atoms with Crippen molar-refractivity contribution in [3.63, 3.8) is 0 Å². The van der Waals surface area contributed by atoms with E-state index in [0.29, 0.717) is 18.0 Å². The molecule has 1 amide bonds. The molecule has 0 unspecified atom stereocenters. The third-order valence-corrected chi connectivity index (χ3v) is 3.95. The molecule has 2 rings (SSSR count). The lowest BCUT2D eigenvalue weighted by atomic mass is 9.97. The van der Waals surface area contributed by atoms with Crippen molar-refractivity contribution >= 4 is 17.7 Å². The van der Waals surface area contributed by atoms with Gasteiger partial charge in [-0.25, -0.2) is 0 Å². The second-order valence-electron chi connectivity index (χ2n) is 6.45. The van der Waals surface area contributed by atoms with E-state index >= 15 is 0 Å². The number of nitrogen functional groups attached to an aromatic ring is 1. The lowest BCUT2D eigenvalue weighted by Gasteiger charge is -2.12. The molecule has 0 aromatic heterocycles. The van der Waals surface area contributed by atoms with Gasteiger partial charge in [0, 0.05) is 12.6 Å². The summed E-state index contributed by atoms with van der Waals surface area (Å²) in [5.74, 6) is 0.597. The first kappa shape index (κ1) is 18.1. The molecular formula is C20H28N2O2. The Bertz CT molecular complexity index is 618. The van der Waals surface area contributed by atoms with E-state index in [1.807, 2.05) is 32.0 Å². The fraction of sp³-hybridized carbons (Fsp3) is 0.450. The largest absolute Gasteiger partial charge is 0.489 e. The number of hydrogen-bond acceptors (Lipinski definition) is 3. The molecule has 1 aromatic rings. The van der Waals surface area contributed by atoms with E-state index in [4.69, 9.17) is 10.5 Å². The number of amides is 1. The Hall–Kier alpha value is -2.23. The van der Waals surface area contributed by atoms with Gasteiger partial charge in [-0.2, -0.15) is 0 Å². The number of benzene rings is 1. The Morgan fingerprint density at radius 1 is 1.38 bits per heavy atom. The van der Waals surface area contributed by atoms with E-state index in [0.717, 1.165) is 12.0 Å². The molecule has 1 aliphatic rings. The van der Waals surface area contributed by atoms with Gasteiger partial charge in [0.15, 0.2) is 0 Å². The van der Waals surface area contributed by atoms with Crippen molar-refractivity contribution in [3.8, 4) is 5.75 Å². The molecule has 0 atom stereocenters. The number of nitrogens with two attached hydrogens (primary N) is 1. The average molecular weight is 328 g/mol. The number of allylic oxidation sites excluding steroid dienone is 1. The van der Waals surface area contributed by atoms with Crippen molar-refractivity contribution in [3.05, 3.63) is 41.5 Å². The van der Waals surface area contributed by atoms with Crippen LogP contribution in [0.3, 0.4) is 0 Å². The van der Waals surface area contributed by atoms with Crippen LogP contribution >= 0.6 is 0 Å². The summed E-state index contributed by atoms with van der Waals surface area (Å²) in [4.78, 5) is 11.9. The smallest absolute Gasteiger partial charge is 0.244 e. The van der Waals surface area contributed by atoms with E-state index in [1.54, 1.807) is 12.2 Å². The van der Waals surface area contributed by atoms with Gasteiger partial charge in [0.05, 0.1) is 11.8 Å². The van der Waals surface area contributed by atoms with E-state index < -0.39 is 0 Å². The van der Waals surface area contributed by atoms with Crippen molar-refractivity contribution in [2.45, 2.75) is 52.1 Å². The quantitative estimate of drug-likeness (QED) is 0.450. The highest BCUT2D eigenvalue weighted by atomic mass is 16.5. The Labute approximate surface area is 144 Å². The van der Waals surface area contributed by atoms with Crippen LogP contribution < -0.4 is 15.8 Å². The third kappa shape index (κ3) is 6.11. The molecule has 4 nitrogen and oxygen atoms in total. The Balaban J connectivity index is 1.80. The summed E-state index contributed by atoms with van der Waals surface area (Å²) in [6, 6.07) is 5.54. The van der Waals surface area contributed by atoms with Crippen LogP contribution in [0.1, 0.15) is 51.5 Å². The number of anilines is 1. The lowest BCUT2D eigenvalue weighted by Crippen LogP contribution is -2.22. The van der Waals surface area contributed by atoms with Gasteiger partial charge in [-0.05, 0) is 69.7 Å². The number of hydrogen-bond donors (Lipinski definition) is 2. The highest BCUT2D eigenvalue weighted by molar-refractivity contribution is 5.91. The van der Waals surface area contributed by atoms with E-state index in [2.05, 4.69) is 11.4 Å². The molecule has 0 fully saturated rings.